The van der Waals surface area contributed by atoms with Gasteiger partial charge in [0.05, 0.1) is 11.4 Å². The number of amides is 1. The Labute approximate surface area is 118 Å². The van der Waals surface area contributed by atoms with E-state index >= 15 is 0 Å². The maximum absolute atomic E-state index is 11.9. The summed E-state index contributed by atoms with van der Waals surface area (Å²) in [6, 6.07) is 15.3. The minimum absolute atomic E-state index is 0.143. The average Bonchev–Trinajstić information content (AvgIpc) is 2.66. The molecule has 0 bridgehead atoms. The van der Waals surface area contributed by atoms with Gasteiger partial charge in [0.1, 0.15) is 5.71 Å². The van der Waals surface area contributed by atoms with Crippen LogP contribution in [0.25, 0.3) is 0 Å². The molecule has 2 aromatic carbocycles. The van der Waals surface area contributed by atoms with E-state index < -0.39 is 0 Å². The Hall–Kier alpha value is -1.69. The van der Waals surface area contributed by atoms with Crippen molar-refractivity contribution < 1.29 is 4.79 Å². The van der Waals surface area contributed by atoms with Gasteiger partial charge in [-0.1, -0.05) is 24.3 Å². The Kier molecular flexibility index (Phi) is 2.87. The van der Waals surface area contributed by atoms with Crippen molar-refractivity contribution in [1.29, 1.82) is 0 Å². The van der Waals surface area contributed by atoms with Crippen LogP contribution in [0.1, 0.15) is 5.56 Å². The topological polar surface area (TPSA) is 41.5 Å². The summed E-state index contributed by atoms with van der Waals surface area (Å²) in [4.78, 5) is 16.3. The van der Waals surface area contributed by atoms with E-state index in [1.165, 1.54) is 0 Å². The van der Waals surface area contributed by atoms with E-state index in [1.807, 2.05) is 48.5 Å². The summed E-state index contributed by atoms with van der Waals surface area (Å²) in [5.41, 5.74) is 2.96. The predicted octanol–water partition coefficient (Wildman–Crippen LogP) is 3.36. The lowest BCUT2D eigenvalue weighted by atomic mass is 10.1. The number of hydrogen-bond acceptors (Lipinski definition) is 2. The van der Waals surface area contributed by atoms with E-state index in [-0.39, 0.29) is 5.91 Å². The number of benzene rings is 2. The van der Waals surface area contributed by atoms with Crippen LogP contribution >= 0.6 is 22.6 Å². The highest BCUT2D eigenvalue weighted by molar-refractivity contribution is 14.1. The van der Waals surface area contributed by atoms with E-state index in [0.29, 0.717) is 5.71 Å². The Morgan fingerprint density at radius 3 is 2.72 bits per heavy atom. The van der Waals surface area contributed by atoms with Crippen LogP contribution in [0.5, 0.6) is 0 Å². The van der Waals surface area contributed by atoms with Gasteiger partial charge in [-0.15, -0.1) is 0 Å². The molecule has 0 radical (unpaired) electrons. The van der Waals surface area contributed by atoms with Crippen LogP contribution in [0.2, 0.25) is 0 Å². The molecule has 0 atom stereocenters. The number of nitrogens with one attached hydrogen (secondary N) is 1. The second-order valence-corrected chi connectivity index (χ2v) is 5.19. The highest BCUT2D eigenvalue weighted by Crippen LogP contribution is 2.25. The van der Waals surface area contributed by atoms with E-state index in [1.54, 1.807) is 0 Å². The van der Waals surface area contributed by atoms with Crippen molar-refractivity contribution in [2.24, 2.45) is 4.99 Å². The molecule has 3 nitrogen and oxygen atoms in total. The number of anilines is 1. The molecule has 1 aliphatic rings. The molecule has 0 unspecified atom stereocenters. The average molecular weight is 348 g/mol. The summed E-state index contributed by atoms with van der Waals surface area (Å²) in [5.74, 6) is -0.143. The van der Waals surface area contributed by atoms with Gasteiger partial charge in [0.25, 0.3) is 5.91 Å². The van der Waals surface area contributed by atoms with Crippen molar-refractivity contribution >= 4 is 45.6 Å². The zero-order valence-electron chi connectivity index (χ0n) is 9.35. The fraction of sp³-hybridized carbons (Fsp3) is 0. The Bertz CT molecular complexity index is 664. The molecule has 0 saturated carbocycles. The molecule has 3 rings (SSSR count). The molecule has 18 heavy (non-hydrogen) atoms. The highest BCUT2D eigenvalue weighted by Gasteiger charge is 2.25. The number of aliphatic imine (C=N–C) groups is 1. The SMILES string of the molecule is O=C1Nc2ccccc2C1=Nc1cccc(I)c1. The first kappa shape index (κ1) is 11.4. The molecule has 0 fully saturated rings. The number of para-hydroxylation sites is 1. The lowest BCUT2D eigenvalue weighted by Gasteiger charge is -1.98. The van der Waals surface area contributed by atoms with E-state index in [0.717, 1.165) is 20.5 Å². The van der Waals surface area contributed by atoms with Gasteiger partial charge in [-0.25, -0.2) is 4.99 Å². The summed E-state index contributed by atoms with van der Waals surface area (Å²) in [6.07, 6.45) is 0. The van der Waals surface area contributed by atoms with Crippen molar-refractivity contribution in [3.05, 3.63) is 57.7 Å². The lowest BCUT2D eigenvalue weighted by molar-refractivity contribution is -0.110. The number of nitrogens with zero attached hydrogens (tertiary/aromatic N) is 1. The zero-order chi connectivity index (χ0) is 12.5. The van der Waals surface area contributed by atoms with Crippen LogP contribution in [0.15, 0.2) is 53.5 Å². The summed E-state index contributed by atoms with van der Waals surface area (Å²) in [5, 5.41) is 2.81. The summed E-state index contributed by atoms with van der Waals surface area (Å²) < 4.78 is 1.10. The molecule has 1 N–H and O–H groups in total. The molecule has 88 valence electrons. The largest absolute Gasteiger partial charge is 0.320 e. The van der Waals surface area contributed by atoms with E-state index in [2.05, 4.69) is 32.9 Å². The Morgan fingerprint density at radius 2 is 1.89 bits per heavy atom. The van der Waals surface area contributed by atoms with Crippen molar-refractivity contribution in [3.63, 3.8) is 0 Å². The number of halogens is 1. The third-order valence-corrected chi connectivity index (χ3v) is 3.37. The first-order chi connectivity index (χ1) is 8.74. The van der Waals surface area contributed by atoms with Gasteiger partial charge in [0, 0.05) is 9.13 Å². The molecule has 2 aromatic rings. The van der Waals surface area contributed by atoms with Crippen LogP contribution in [0.3, 0.4) is 0 Å². The third kappa shape index (κ3) is 2.03. The molecular formula is C14H9IN2O. The molecule has 1 heterocycles. The quantitative estimate of drug-likeness (QED) is 0.789. The normalized spacial score (nSPS) is 15.6. The minimum Gasteiger partial charge on any atom is -0.320 e. The van der Waals surface area contributed by atoms with Gasteiger partial charge in [0.2, 0.25) is 0 Å². The number of carbonyl (C=O) groups excluding carboxylic acids is 1. The Morgan fingerprint density at radius 1 is 1.06 bits per heavy atom. The Balaban J connectivity index is 2.10. The maximum Gasteiger partial charge on any atom is 0.275 e. The van der Waals surface area contributed by atoms with Gasteiger partial charge < -0.3 is 5.32 Å². The van der Waals surface area contributed by atoms with E-state index in [4.69, 9.17) is 0 Å². The van der Waals surface area contributed by atoms with Gasteiger partial charge in [-0.3, -0.25) is 4.79 Å². The second-order valence-electron chi connectivity index (χ2n) is 3.94. The second kappa shape index (κ2) is 4.53. The number of carbonyl (C=O) groups is 1. The van der Waals surface area contributed by atoms with Crippen LogP contribution < -0.4 is 5.32 Å². The summed E-state index contributed by atoms with van der Waals surface area (Å²) in [7, 11) is 0. The first-order valence-corrected chi connectivity index (χ1v) is 6.57. The van der Waals surface area contributed by atoms with Crippen molar-refractivity contribution in [3.8, 4) is 0 Å². The minimum atomic E-state index is -0.143. The van der Waals surface area contributed by atoms with Gasteiger partial charge in [-0.2, -0.15) is 0 Å². The van der Waals surface area contributed by atoms with Gasteiger partial charge >= 0.3 is 0 Å². The highest BCUT2D eigenvalue weighted by atomic mass is 127. The maximum atomic E-state index is 11.9. The van der Waals surface area contributed by atoms with Crippen molar-refractivity contribution in [2.75, 3.05) is 5.32 Å². The van der Waals surface area contributed by atoms with Crippen LogP contribution in [0.4, 0.5) is 11.4 Å². The summed E-state index contributed by atoms with van der Waals surface area (Å²) >= 11 is 2.23. The van der Waals surface area contributed by atoms with Gasteiger partial charge in [0.15, 0.2) is 0 Å². The van der Waals surface area contributed by atoms with Crippen LogP contribution in [-0.2, 0) is 4.79 Å². The molecule has 0 aliphatic carbocycles. The lowest BCUT2D eigenvalue weighted by Crippen LogP contribution is -2.13. The zero-order valence-corrected chi connectivity index (χ0v) is 11.5. The first-order valence-electron chi connectivity index (χ1n) is 5.49. The molecule has 1 aliphatic heterocycles. The number of fused-ring (bicyclic) bond motifs is 1. The molecule has 0 aromatic heterocycles. The number of rotatable bonds is 1. The molecule has 0 saturated heterocycles. The van der Waals surface area contributed by atoms with Gasteiger partial charge in [-0.05, 0) is 46.9 Å². The van der Waals surface area contributed by atoms with Crippen molar-refractivity contribution in [2.45, 2.75) is 0 Å². The van der Waals surface area contributed by atoms with E-state index in [9.17, 15) is 4.79 Å². The molecule has 4 heteroatoms. The van der Waals surface area contributed by atoms with Crippen LogP contribution in [-0.4, -0.2) is 11.6 Å². The fourth-order valence-corrected chi connectivity index (χ4v) is 2.41. The molecule has 0 spiro atoms. The monoisotopic (exact) mass is 348 g/mol. The standard InChI is InChI=1S/C14H9IN2O/c15-9-4-3-5-10(8-9)16-13-11-6-1-2-7-12(11)17-14(13)18/h1-8H,(H,16,17,18). The summed E-state index contributed by atoms with van der Waals surface area (Å²) in [6.45, 7) is 0. The fourth-order valence-electron chi connectivity index (χ4n) is 1.89. The van der Waals surface area contributed by atoms with Crippen molar-refractivity contribution in [1.82, 2.24) is 0 Å². The predicted molar refractivity (Wildman–Crippen MR) is 80.4 cm³/mol. The molecule has 1 amide bonds. The number of hydrogen-bond donors (Lipinski definition) is 1. The molecular weight excluding hydrogens is 339 g/mol. The third-order valence-electron chi connectivity index (χ3n) is 2.69. The van der Waals surface area contributed by atoms with Crippen LogP contribution in [0, 0.1) is 3.57 Å². The smallest absolute Gasteiger partial charge is 0.275 e.